The average Bonchev–Trinajstić information content (AvgIpc) is 2.86. The third-order valence-corrected chi connectivity index (χ3v) is 2.99. The van der Waals surface area contributed by atoms with Crippen LogP contribution in [0.25, 0.3) is 0 Å². The monoisotopic (exact) mass is 276 g/mol. The number of rotatable bonds is 5. The number of nitrogens with zero attached hydrogens (tertiary/aromatic N) is 2. The number of aryl methyl sites for hydroxylation is 1. The first-order valence-electron chi connectivity index (χ1n) is 6.32. The van der Waals surface area contributed by atoms with Gasteiger partial charge < -0.3 is 11.1 Å². The van der Waals surface area contributed by atoms with Crippen molar-refractivity contribution in [3.8, 4) is 0 Å². The fourth-order valence-electron chi connectivity index (χ4n) is 1.84. The summed E-state index contributed by atoms with van der Waals surface area (Å²) in [5.41, 5.74) is 7.47. The first-order valence-corrected chi connectivity index (χ1v) is 6.32. The Morgan fingerprint density at radius 1 is 1.45 bits per heavy atom. The SMILES string of the molecule is Cn1cc(C(N)C(=O)NCCc2ccc(F)cc2)cn1. The number of nitrogens with two attached hydrogens (primary N) is 1. The van der Waals surface area contributed by atoms with Gasteiger partial charge in [-0.2, -0.15) is 5.10 Å². The van der Waals surface area contributed by atoms with E-state index >= 15 is 0 Å². The van der Waals surface area contributed by atoms with Crippen LogP contribution in [0, 0.1) is 5.82 Å². The largest absolute Gasteiger partial charge is 0.354 e. The summed E-state index contributed by atoms with van der Waals surface area (Å²) in [6.45, 7) is 0.457. The van der Waals surface area contributed by atoms with Crippen LogP contribution in [-0.4, -0.2) is 22.2 Å². The van der Waals surface area contributed by atoms with Crippen molar-refractivity contribution in [1.82, 2.24) is 15.1 Å². The van der Waals surface area contributed by atoms with E-state index in [2.05, 4.69) is 10.4 Å². The molecule has 20 heavy (non-hydrogen) atoms. The van der Waals surface area contributed by atoms with Gasteiger partial charge in [0.05, 0.1) is 6.20 Å². The molecule has 0 saturated carbocycles. The maximum absolute atomic E-state index is 12.7. The summed E-state index contributed by atoms with van der Waals surface area (Å²) in [6, 6.07) is 5.47. The van der Waals surface area contributed by atoms with Crippen molar-refractivity contribution in [2.24, 2.45) is 12.8 Å². The zero-order valence-corrected chi connectivity index (χ0v) is 11.2. The summed E-state index contributed by atoms with van der Waals surface area (Å²) < 4.78 is 14.3. The highest BCUT2D eigenvalue weighted by atomic mass is 19.1. The second kappa shape index (κ2) is 6.29. The number of benzene rings is 1. The molecule has 106 valence electrons. The van der Waals surface area contributed by atoms with Gasteiger partial charge >= 0.3 is 0 Å². The summed E-state index contributed by atoms with van der Waals surface area (Å²) >= 11 is 0. The quantitative estimate of drug-likeness (QED) is 0.853. The zero-order valence-electron chi connectivity index (χ0n) is 11.2. The van der Waals surface area contributed by atoms with E-state index in [1.54, 1.807) is 36.3 Å². The Labute approximate surface area is 116 Å². The Bertz CT molecular complexity index is 579. The van der Waals surface area contributed by atoms with Gasteiger partial charge in [-0.05, 0) is 24.1 Å². The van der Waals surface area contributed by atoms with E-state index in [4.69, 9.17) is 5.73 Å². The topological polar surface area (TPSA) is 72.9 Å². The van der Waals surface area contributed by atoms with E-state index in [0.29, 0.717) is 18.5 Å². The van der Waals surface area contributed by atoms with E-state index in [9.17, 15) is 9.18 Å². The summed E-state index contributed by atoms with van der Waals surface area (Å²) in [4.78, 5) is 11.9. The number of halogens is 1. The Hall–Kier alpha value is -2.21. The van der Waals surface area contributed by atoms with Crippen LogP contribution in [0.3, 0.4) is 0 Å². The van der Waals surface area contributed by atoms with E-state index in [-0.39, 0.29) is 11.7 Å². The molecule has 2 aromatic rings. The van der Waals surface area contributed by atoms with Gasteiger partial charge in [-0.25, -0.2) is 4.39 Å². The van der Waals surface area contributed by atoms with Gasteiger partial charge in [0.15, 0.2) is 0 Å². The smallest absolute Gasteiger partial charge is 0.241 e. The molecule has 0 saturated heterocycles. The summed E-state index contributed by atoms with van der Waals surface area (Å²) in [7, 11) is 1.77. The highest BCUT2D eigenvalue weighted by Gasteiger charge is 2.16. The van der Waals surface area contributed by atoms with Crippen LogP contribution >= 0.6 is 0 Å². The minimum atomic E-state index is -0.725. The average molecular weight is 276 g/mol. The number of hydrogen-bond donors (Lipinski definition) is 2. The van der Waals surface area contributed by atoms with E-state index in [1.807, 2.05) is 0 Å². The molecule has 0 bridgehead atoms. The molecule has 1 atom stereocenters. The van der Waals surface area contributed by atoms with Crippen LogP contribution in [0.15, 0.2) is 36.7 Å². The molecule has 0 spiro atoms. The summed E-state index contributed by atoms with van der Waals surface area (Å²) in [5, 5.41) is 6.74. The molecule has 0 aliphatic heterocycles. The van der Waals surface area contributed by atoms with Crippen LogP contribution in [0.2, 0.25) is 0 Å². The van der Waals surface area contributed by atoms with Gasteiger partial charge in [-0.15, -0.1) is 0 Å². The highest BCUT2D eigenvalue weighted by Crippen LogP contribution is 2.08. The number of amides is 1. The van der Waals surface area contributed by atoms with Crippen molar-refractivity contribution in [2.45, 2.75) is 12.5 Å². The Balaban J connectivity index is 1.81. The molecule has 1 amide bonds. The van der Waals surface area contributed by atoms with E-state index in [1.165, 1.54) is 12.1 Å². The Morgan fingerprint density at radius 2 is 2.15 bits per heavy atom. The number of hydrogen-bond acceptors (Lipinski definition) is 3. The fraction of sp³-hybridized carbons (Fsp3) is 0.286. The van der Waals surface area contributed by atoms with Gasteiger partial charge in [0.2, 0.25) is 5.91 Å². The molecule has 3 N–H and O–H groups in total. The lowest BCUT2D eigenvalue weighted by molar-refractivity contribution is -0.122. The molecule has 0 radical (unpaired) electrons. The molecular formula is C14H17FN4O. The molecule has 5 nitrogen and oxygen atoms in total. The van der Waals surface area contributed by atoms with Crippen molar-refractivity contribution in [2.75, 3.05) is 6.54 Å². The van der Waals surface area contributed by atoms with Crippen molar-refractivity contribution < 1.29 is 9.18 Å². The Kier molecular flexibility index (Phi) is 4.47. The molecule has 0 aliphatic rings. The fourth-order valence-corrected chi connectivity index (χ4v) is 1.84. The summed E-state index contributed by atoms with van der Waals surface area (Å²) in [6.07, 6.45) is 3.92. The van der Waals surface area contributed by atoms with E-state index in [0.717, 1.165) is 5.56 Å². The van der Waals surface area contributed by atoms with Crippen LogP contribution in [0.4, 0.5) is 4.39 Å². The minimum absolute atomic E-state index is 0.250. The molecule has 1 heterocycles. The zero-order chi connectivity index (χ0) is 14.5. The normalized spacial score (nSPS) is 12.2. The van der Waals surface area contributed by atoms with Crippen molar-refractivity contribution in [3.05, 3.63) is 53.6 Å². The lowest BCUT2D eigenvalue weighted by Gasteiger charge is -2.10. The van der Waals surface area contributed by atoms with Gasteiger partial charge in [-0.1, -0.05) is 12.1 Å². The molecule has 1 unspecified atom stereocenters. The second-order valence-corrected chi connectivity index (χ2v) is 4.59. The van der Waals surface area contributed by atoms with Crippen molar-refractivity contribution in [3.63, 3.8) is 0 Å². The lowest BCUT2D eigenvalue weighted by atomic mass is 10.1. The molecule has 1 aromatic heterocycles. The number of nitrogens with one attached hydrogen (secondary N) is 1. The van der Waals surface area contributed by atoms with E-state index < -0.39 is 6.04 Å². The molecule has 2 rings (SSSR count). The van der Waals surface area contributed by atoms with Crippen LogP contribution < -0.4 is 11.1 Å². The number of carbonyl (C=O) groups is 1. The highest BCUT2D eigenvalue weighted by molar-refractivity contribution is 5.82. The van der Waals surface area contributed by atoms with Crippen LogP contribution in [0.5, 0.6) is 0 Å². The first kappa shape index (κ1) is 14.2. The predicted octanol–water partition coefficient (Wildman–Crippen LogP) is 0.918. The van der Waals surface area contributed by atoms with Crippen molar-refractivity contribution >= 4 is 5.91 Å². The Morgan fingerprint density at radius 3 is 2.75 bits per heavy atom. The minimum Gasteiger partial charge on any atom is -0.354 e. The molecule has 0 aliphatic carbocycles. The maximum Gasteiger partial charge on any atom is 0.241 e. The number of aromatic nitrogens is 2. The lowest BCUT2D eigenvalue weighted by Crippen LogP contribution is -2.35. The van der Waals surface area contributed by atoms with Crippen molar-refractivity contribution in [1.29, 1.82) is 0 Å². The number of carbonyl (C=O) groups excluding carboxylic acids is 1. The predicted molar refractivity (Wildman–Crippen MR) is 73.3 cm³/mol. The van der Waals surface area contributed by atoms with Crippen LogP contribution in [-0.2, 0) is 18.3 Å². The summed E-state index contributed by atoms with van der Waals surface area (Å²) in [5.74, 6) is -0.517. The van der Waals surface area contributed by atoms with Crippen LogP contribution in [0.1, 0.15) is 17.2 Å². The first-order chi connectivity index (χ1) is 9.56. The molecular weight excluding hydrogens is 259 g/mol. The van der Waals surface area contributed by atoms with Gasteiger partial charge in [0.25, 0.3) is 0 Å². The third-order valence-electron chi connectivity index (χ3n) is 2.99. The molecule has 6 heteroatoms. The second-order valence-electron chi connectivity index (χ2n) is 4.59. The van der Waals surface area contributed by atoms with Gasteiger partial charge in [-0.3, -0.25) is 9.48 Å². The molecule has 1 aromatic carbocycles. The standard InChI is InChI=1S/C14H17FN4O/c1-19-9-11(8-18-19)13(16)14(20)17-7-6-10-2-4-12(15)5-3-10/h2-5,8-9,13H,6-7,16H2,1H3,(H,17,20). The van der Waals surface area contributed by atoms with Gasteiger partial charge in [0, 0.05) is 25.4 Å². The third kappa shape index (κ3) is 3.64. The van der Waals surface area contributed by atoms with Gasteiger partial charge in [0.1, 0.15) is 11.9 Å². The maximum atomic E-state index is 12.7. The molecule has 0 fully saturated rings.